The van der Waals surface area contributed by atoms with Gasteiger partial charge in [0, 0.05) is 0 Å². The molecule has 178 valence electrons. The van der Waals surface area contributed by atoms with Crippen molar-refractivity contribution in [2.24, 2.45) is 0 Å². The molecule has 0 bridgehead atoms. The number of carbonyl (C=O) groups is 1. The molecule has 0 N–H and O–H groups in total. The molecule has 0 aromatic heterocycles. The third kappa shape index (κ3) is 6.16. The van der Waals surface area contributed by atoms with Gasteiger partial charge >= 0.3 is 5.97 Å². The van der Waals surface area contributed by atoms with E-state index in [0.717, 1.165) is 12.0 Å². The predicted octanol–water partition coefficient (Wildman–Crippen LogP) is 8.51. The number of esters is 1. The van der Waals surface area contributed by atoms with E-state index >= 15 is 0 Å². The van der Waals surface area contributed by atoms with E-state index in [0.29, 0.717) is 12.2 Å². The lowest BCUT2D eigenvalue weighted by Gasteiger charge is -2.42. The highest BCUT2D eigenvalue weighted by Gasteiger charge is 2.37. The first-order valence-corrected chi connectivity index (χ1v) is 12.8. The first kappa shape index (κ1) is 25.3. The molecule has 0 spiro atoms. The molecule has 0 saturated heterocycles. The standard InChI is InChI=1S/C31H42O2/c1-7-9-10-11-12-25-21-27-28(31(5,6)20-19-30(27,3)4)22-26(25)18-15-23-13-16-24(17-14-23)29(32)33-8-2/h13-18,21-22H,7-12,19-20H2,1-6H3/b18-15+. The van der Waals surface area contributed by atoms with Gasteiger partial charge in [-0.1, -0.05) is 90.3 Å². The second-order valence-corrected chi connectivity index (χ2v) is 10.9. The van der Waals surface area contributed by atoms with Gasteiger partial charge in [-0.15, -0.1) is 0 Å². The monoisotopic (exact) mass is 446 g/mol. The van der Waals surface area contributed by atoms with Crippen LogP contribution < -0.4 is 0 Å². The van der Waals surface area contributed by atoms with Gasteiger partial charge < -0.3 is 4.74 Å². The maximum absolute atomic E-state index is 11.9. The Morgan fingerprint density at radius 3 is 2.12 bits per heavy atom. The van der Waals surface area contributed by atoms with E-state index < -0.39 is 0 Å². The van der Waals surface area contributed by atoms with Crippen LogP contribution in [0.5, 0.6) is 0 Å². The van der Waals surface area contributed by atoms with E-state index in [4.69, 9.17) is 4.74 Å². The Kier molecular flexibility index (Phi) is 8.21. The second-order valence-electron chi connectivity index (χ2n) is 10.9. The van der Waals surface area contributed by atoms with Crippen molar-refractivity contribution >= 4 is 18.1 Å². The van der Waals surface area contributed by atoms with Gasteiger partial charge in [0.15, 0.2) is 0 Å². The van der Waals surface area contributed by atoms with Gasteiger partial charge in [-0.05, 0) is 83.4 Å². The zero-order valence-corrected chi connectivity index (χ0v) is 21.6. The topological polar surface area (TPSA) is 26.3 Å². The van der Waals surface area contributed by atoms with Crippen molar-refractivity contribution in [1.82, 2.24) is 0 Å². The van der Waals surface area contributed by atoms with Gasteiger partial charge in [0.2, 0.25) is 0 Å². The fourth-order valence-electron chi connectivity index (χ4n) is 4.92. The van der Waals surface area contributed by atoms with Crippen LogP contribution in [0.1, 0.15) is 118 Å². The van der Waals surface area contributed by atoms with Gasteiger partial charge in [-0.3, -0.25) is 0 Å². The molecule has 0 atom stereocenters. The molecular formula is C31H42O2. The van der Waals surface area contributed by atoms with Gasteiger partial charge in [0.1, 0.15) is 0 Å². The largest absolute Gasteiger partial charge is 0.462 e. The van der Waals surface area contributed by atoms with Gasteiger partial charge in [0.05, 0.1) is 12.2 Å². The molecule has 0 radical (unpaired) electrons. The molecule has 0 fully saturated rings. The number of rotatable bonds is 9. The molecule has 2 aromatic carbocycles. The van der Waals surface area contributed by atoms with E-state index in [-0.39, 0.29) is 16.8 Å². The highest BCUT2D eigenvalue weighted by Crippen LogP contribution is 2.47. The highest BCUT2D eigenvalue weighted by molar-refractivity contribution is 5.89. The van der Waals surface area contributed by atoms with Crippen molar-refractivity contribution in [3.8, 4) is 0 Å². The lowest BCUT2D eigenvalue weighted by Crippen LogP contribution is -2.34. The minimum Gasteiger partial charge on any atom is -0.462 e. The third-order valence-corrected chi connectivity index (χ3v) is 7.29. The Hall–Kier alpha value is -2.35. The fraction of sp³-hybridized carbons (Fsp3) is 0.516. The molecule has 0 aliphatic heterocycles. The number of benzene rings is 2. The molecule has 0 saturated carbocycles. The van der Waals surface area contributed by atoms with Crippen molar-refractivity contribution in [2.75, 3.05) is 6.61 Å². The molecule has 1 aliphatic carbocycles. The molecule has 2 heteroatoms. The molecule has 0 unspecified atom stereocenters. The van der Waals surface area contributed by atoms with Crippen LogP contribution in [-0.2, 0) is 22.0 Å². The Bertz CT molecular complexity index is 977. The Morgan fingerprint density at radius 2 is 1.52 bits per heavy atom. The molecule has 2 nitrogen and oxygen atoms in total. The number of carbonyl (C=O) groups excluding carboxylic acids is 1. The molecule has 0 amide bonds. The van der Waals surface area contributed by atoms with E-state index in [9.17, 15) is 4.79 Å². The summed E-state index contributed by atoms with van der Waals surface area (Å²) in [5.41, 5.74) is 7.98. The average molecular weight is 447 g/mol. The number of fused-ring (bicyclic) bond motifs is 1. The summed E-state index contributed by atoms with van der Waals surface area (Å²) in [5, 5.41) is 0. The summed E-state index contributed by atoms with van der Waals surface area (Å²) in [5.74, 6) is -0.262. The molecule has 33 heavy (non-hydrogen) atoms. The Morgan fingerprint density at radius 1 is 0.879 bits per heavy atom. The fourth-order valence-corrected chi connectivity index (χ4v) is 4.92. The minimum atomic E-state index is -0.262. The number of aryl methyl sites for hydroxylation is 1. The van der Waals surface area contributed by atoms with Crippen LogP contribution in [0.2, 0.25) is 0 Å². The van der Waals surface area contributed by atoms with E-state index in [1.165, 1.54) is 55.2 Å². The maximum Gasteiger partial charge on any atom is 0.338 e. The van der Waals surface area contributed by atoms with Gasteiger partial charge in [-0.25, -0.2) is 4.79 Å². The van der Waals surface area contributed by atoms with E-state index in [2.05, 4.69) is 58.9 Å². The Labute approximate surface area is 201 Å². The van der Waals surface area contributed by atoms with Crippen LogP contribution in [0, 0.1) is 0 Å². The maximum atomic E-state index is 11.9. The molecule has 0 heterocycles. The van der Waals surface area contributed by atoms with Crippen LogP contribution in [0.15, 0.2) is 36.4 Å². The predicted molar refractivity (Wildman–Crippen MR) is 141 cm³/mol. The lowest BCUT2D eigenvalue weighted by atomic mass is 9.62. The average Bonchev–Trinajstić information content (AvgIpc) is 2.79. The van der Waals surface area contributed by atoms with Crippen LogP contribution in [-0.4, -0.2) is 12.6 Å². The molecule has 1 aliphatic rings. The summed E-state index contributed by atoms with van der Waals surface area (Å²) in [6, 6.07) is 12.7. The summed E-state index contributed by atoms with van der Waals surface area (Å²) >= 11 is 0. The normalized spacial score (nSPS) is 16.5. The third-order valence-electron chi connectivity index (χ3n) is 7.29. The smallest absolute Gasteiger partial charge is 0.338 e. The van der Waals surface area contributed by atoms with E-state index in [1.54, 1.807) is 5.56 Å². The number of unbranched alkanes of at least 4 members (excludes halogenated alkanes) is 3. The van der Waals surface area contributed by atoms with Crippen molar-refractivity contribution in [2.45, 2.75) is 97.3 Å². The summed E-state index contributed by atoms with van der Waals surface area (Å²) in [6.07, 6.45) is 13.1. The lowest BCUT2D eigenvalue weighted by molar-refractivity contribution is 0.0526. The number of hydrogen-bond donors (Lipinski definition) is 0. The SMILES string of the molecule is CCCCCCc1cc2c(cc1/C=C/c1ccc(C(=O)OCC)cc1)C(C)(C)CCC2(C)C. The number of hydrogen-bond acceptors (Lipinski definition) is 2. The molecule has 2 aromatic rings. The van der Waals surface area contributed by atoms with Crippen molar-refractivity contribution in [3.63, 3.8) is 0 Å². The summed E-state index contributed by atoms with van der Waals surface area (Å²) < 4.78 is 5.10. The van der Waals surface area contributed by atoms with Crippen LogP contribution in [0.25, 0.3) is 12.2 Å². The van der Waals surface area contributed by atoms with Crippen molar-refractivity contribution < 1.29 is 9.53 Å². The summed E-state index contributed by atoms with van der Waals surface area (Å²) in [6.45, 7) is 14.1. The number of ether oxygens (including phenoxy) is 1. The van der Waals surface area contributed by atoms with Crippen molar-refractivity contribution in [1.29, 1.82) is 0 Å². The molecule has 3 rings (SSSR count). The van der Waals surface area contributed by atoms with Crippen LogP contribution in [0.4, 0.5) is 0 Å². The zero-order chi connectivity index (χ0) is 24.1. The van der Waals surface area contributed by atoms with Crippen LogP contribution >= 0.6 is 0 Å². The van der Waals surface area contributed by atoms with Crippen molar-refractivity contribution in [3.05, 3.63) is 69.8 Å². The van der Waals surface area contributed by atoms with Crippen LogP contribution in [0.3, 0.4) is 0 Å². The Balaban J connectivity index is 1.94. The van der Waals surface area contributed by atoms with Gasteiger partial charge in [-0.2, -0.15) is 0 Å². The summed E-state index contributed by atoms with van der Waals surface area (Å²) in [7, 11) is 0. The summed E-state index contributed by atoms with van der Waals surface area (Å²) in [4.78, 5) is 11.9. The zero-order valence-electron chi connectivity index (χ0n) is 21.6. The first-order valence-electron chi connectivity index (χ1n) is 12.8. The molecular weight excluding hydrogens is 404 g/mol. The minimum absolute atomic E-state index is 0.204. The van der Waals surface area contributed by atoms with E-state index in [1.807, 2.05) is 31.2 Å². The quantitative estimate of drug-likeness (QED) is 0.219. The second kappa shape index (κ2) is 10.7. The first-order chi connectivity index (χ1) is 15.7. The van der Waals surface area contributed by atoms with Gasteiger partial charge in [0.25, 0.3) is 0 Å². The highest BCUT2D eigenvalue weighted by atomic mass is 16.5.